The topological polar surface area (TPSA) is 334 Å². The molecule has 129 heavy (non-hydrogen) atoms. The molecule has 8 aromatic carbocycles. The first-order chi connectivity index (χ1) is 62.3. The van der Waals surface area contributed by atoms with E-state index in [4.69, 9.17) is 67.8 Å². The van der Waals surface area contributed by atoms with Gasteiger partial charge in [0.05, 0.1) is 108 Å². The van der Waals surface area contributed by atoms with E-state index in [0.29, 0.717) is 164 Å². The van der Waals surface area contributed by atoms with Crippen molar-refractivity contribution < 1.29 is 94.6 Å². The number of H-pyrrole nitrogens is 2. The third kappa shape index (κ3) is 17.3. The number of fused-ring (bicyclic) bond motifs is 16. The second kappa shape index (κ2) is 37.0. The van der Waals surface area contributed by atoms with Crippen LogP contribution in [0.1, 0.15) is 56.7 Å². The zero-order valence-electron chi connectivity index (χ0n) is 70.4. The van der Waals surface area contributed by atoms with Crippen LogP contribution in [0.3, 0.4) is 0 Å². The largest absolute Gasteiger partial charge is 2.00 e. The third-order valence-electron chi connectivity index (χ3n) is 22.2. The number of hydrogen-bond donors (Lipinski definition) is 6. The van der Waals surface area contributed by atoms with Crippen molar-refractivity contribution in [2.45, 2.75) is 0 Å². The molecule has 4 aliphatic rings. The number of aromatic amines is 2. The summed E-state index contributed by atoms with van der Waals surface area (Å²) in [6, 6.07) is 72.0. The molecule has 14 aromatic rings. The van der Waals surface area contributed by atoms with Crippen molar-refractivity contribution in [3.8, 4) is 135 Å². The average Bonchev–Trinajstić information content (AvgIpc) is 1.61. The van der Waals surface area contributed by atoms with Gasteiger partial charge in [-0.1, -0.05) is 115 Å². The molecule has 0 atom stereocenters. The minimum absolute atomic E-state index is 0. The fraction of sp³-hybridized carbons (Fsp3) is 0.0769. The maximum Gasteiger partial charge on any atom is 2.00 e. The summed E-state index contributed by atoms with van der Waals surface area (Å²) in [5, 5.41) is 40.6. The van der Waals surface area contributed by atoms with E-state index in [1.807, 2.05) is 255 Å². The Bertz CT molecular complexity index is 6880. The standard InChI is InChI=1S/2C52H40N4O8.Cu/c2*1-61-34-13-5-29(6-14-34)46-39-21-22-40(53-39)47(30-7-15-35(62-2)16-8-30)42-25-26-44(55-42)49(32-11-19-37(64-4)20-12-32)50-33(27-38(51(57)58)52(59)60)28-45(56-50)48(43-24-23-41(46)54-43)31-9-17-36(63-3)18-10-31;/h5-28H,1-4H3,(H4,53,54,55,56,57,58,59,60);5-28,53,56H,1-4H3,(H,57,58)(H,59,60);/q;;+2/p-2. The Morgan fingerprint density at radius 2 is 0.504 bits per heavy atom. The average molecular weight is 1760 g/mol. The van der Waals surface area contributed by atoms with Gasteiger partial charge in [-0.25, -0.2) is 39.1 Å². The number of carbonyl (C=O) groups is 4. The minimum atomic E-state index is -1.61. The number of nitrogens with one attached hydrogen (secondary N) is 2. The SMILES string of the molecule is COc1ccc(-c2c3nc(c(-c4ccc(OC)cc4)c4cc(C=C(C(=O)O)C(=O)O)c([n-]4)c(-c4ccc(OC)cc4)c4nc(c(-c5ccc(OC)cc5)c5ccc2[n-]5)C=C4)C=C3)cc1.COc1ccc(-c2c3nc(c(-c4ccc(OC)cc4)c4cc(C=C(C(=O)O)C(=O)O)c([nH]4)c(-c4ccc(OC)cc4)c4nc(c(-c5ccc(OC)cc5)c5ccc2[nH]5)C=C4)C=C3)cc1.[Cu+2]. The Hall–Kier alpha value is -16.8. The summed E-state index contributed by atoms with van der Waals surface area (Å²) in [6.07, 6.45) is 17.6. The fourth-order valence-corrected chi connectivity index (χ4v) is 15.9. The Morgan fingerprint density at radius 3 is 0.798 bits per heavy atom. The van der Waals surface area contributed by atoms with E-state index < -0.39 is 35.0 Å². The molecular weight excluding hydrogens is 1680 g/mol. The molecule has 10 heterocycles. The first-order valence-corrected chi connectivity index (χ1v) is 40.1. The van der Waals surface area contributed by atoms with Gasteiger partial charge in [0, 0.05) is 44.4 Å². The van der Waals surface area contributed by atoms with E-state index in [-0.39, 0.29) is 22.6 Å². The number of benzene rings is 8. The van der Waals surface area contributed by atoms with Gasteiger partial charge in [0.15, 0.2) is 0 Å². The summed E-state index contributed by atoms with van der Waals surface area (Å²) < 4.78 is 44.1. The van der Waals surface area contributed by atoms with Gasteiger partial charge < -0.3 is 78.3 Å². The summed E-state index contributed by atoms with van der Waals surface area (Å²) in [5.41, 5.74) is 19.8. The molecule has 24 nitrogen and oxygen atoms in total. The summed E-state index contributed by atoms with van der Waals surface area (Å²) in [5.74, 6) is -1.12. The minimum Gasteiger partial charge on any atom is -0.657 e. The van der Waals surface area contributed by atoms with Crippen molar-refractivity contribution in [2.75, 3.05) is 56.9 Å². The normalized spacial score (nSPS) is 11.5. The predicted octanol–water partition coefficient (Wildman–Crippen LogP) is 21.1. The number of carboxylic acids is 4. The van der Waals surface area contributed by atoms with E-state index in [9.17, 15) is 39.6 Å². The molecule has 6 aromatic heterocycles. The Morgan fingerprint density at radius 1 is 0.264 bits per heavy atom. The third-order valence-corrected chi connectivity index (χ3v) is 22.2. The fourth-order valence-electron chi connectivity index (χ4n) is 15.9. The smallest absolute Gasteiger partial charge is 0.657 e. The summed E-state index contributed by atoms with van der Waals surface area (Å²) in [4.78, 5) is 89.1. The molecule has 0 aliphatic carbocycles. The number of hydrogen-bond acceptors (Lipinski definition) is 16. The van der Waals surface area contributed by atoms with Crippen molar-refractivity contribution in [1.82, 2.24) is 39.9 Å². The monoisotopic (exact) mass is 1760 g/mol. The molecule has 4 aliphatic heterocycles. The molecule has 6 N–H and O–H groups in total. The molecule has 0 saturated heterocycles. The maximum absolute atomic E-state index is 12.5. The molecule has 0 amide bonds. The van der Waals surface area contributed by atoms with Crippen molar-refractivity contribution in [2.24, 2.45) is 0 Å². The number of aliphatic carboxylic acids is 4. The second-order valence-electron chi connectivity index (χ2n) is 29.5. The van der Waals surface area contributed by atoms with Crippen molar-refractivity contribution in [3.05, 3.63) is 298 Å². The molecule has 16 bridgehead atoms. The molecule has 641 valence electrons. The Kier molecular flexibility index (Phi) is 24.6. The Labute approximate surface area is 748 Å². The van der Waals surface area contributed by atoms with Crippen LogP contribution in [-0.2, 0) is 36.2 Å². The van der Waals surface area contributed by atoms with Gasteiger partial charge in [0.1, 0.15) is 57.1 Å². The van der Waals surface area contributed by atoms with Crippen LogP contribution in [0.5, 0.6) is 46.0 Å². The molecule has 1 radical (unpaired) electrons. The quantitative estimate of drug-likeness (QED) is 0.0159. The number of methoxy groups -OCH3 is 8. The van der Waals surface area contributed by atoms with Crippen LogP contribution in [0.25, 0.3) is 194 Å². The van der Waals surface area contributed by atoms with Crippen molar-refractivity contribution in [3.63, 3.8) is 0 Å². The van der Waals surface area contributed by atoms with Gasteiger partial charge in [-0.2, -0.15) is 0 Å². The number of aromatic nitrogens is 8. The molecule has 25 heteroatoms. The second-order valence-corrected chi connectivity index (χ2v) is 29.5. The van der Waals surface area contributed by atoms with E-state index >= 15 is 0 Å². The van der Waals surface area contributed by atoms with Crippen molar-refractivity contribution in [1.29, 1.82) is 0 Å². The number of rotatable bonds is 22. The van der Waals surface area contributed by atoms with Gasteiger partial charge in [0.2, 0.25) is 0 Å². The molecule has 0 fully saturated rings. The van der Waals surface area contributed by atoms with Gasteiger partial charge in [-0.15, -0.1) is 22.1 Å². The van der Waals surface area contributed by atoms with Gasteiger partial charge in [-0.05, 0) is 248 Å². The van der Waals surface area contributed by atoms with Crippen LogP contribution in [0, 0.1) is 0 Å². The van der Waals surface area contributed by atoms with Crippen LogP contribution in [-0.4, -0.2) is 131 Å². The van der Waals surface area contributed by atoms with E-state index in [2.05, 4.69) is 9.97 Å². The van der Waals surface area contributed by atoms with Crippen LogP contribution in [0.15, 0.2) is 242 Å². The van der Waals surface area contributed by atoms with E-state index in [0.717, 1.165) is 72.7 Å². The number of nitrogens with zero attached hydrogens (tertiary/aromatic N) is 6. The first-order valence-electron chi connectivity index (χ1n) is 40.1. The summed E-state index contributed by atoms with van der Waals surface area (Å²) in [7, 11) is 12.8. The van der Waals surface area contributed by atoms with Gasteiger partial charge in [-0.3, -0.25) is 0 Å². The maximum atomic E-state index is 12.5. The van der Waals surface area contributed by atoms with E-state index in [1.54, 1.807) is 81.1 Å². The summed E-state index contributed by atoms with van der Waals surface area (Å²) >= 11 is 0. The van der Waals surface area contributed by atoms with Crippen LogP contribution >= 0.6 is 0 Å². The van der Waals surface area contributed by atoms with Gasteiger partial charge in [0.25, 0.3) is 0 Å². The molecule has 18 rings (SSSR count). The zero-order valence-corrected chi connectivity index (χ0v) is 71.3. The number of carboxylic acid groups (broad SMARTS) is 4. The zero-order chi connectivity index (χ0) is 89.0. The molecule has 0 unspecified atom stereocenters. The molecular formula is C104H78CuN8O16. The summed E-state index contributed by atoms with van der Waals surface area (Å²) in [6.45, 7) is 0. The number of ether oxygens (including phenoxy) is 8. The van der Waals surface area contributed by atoms with Crippen molar-refractivity contribution >= 4 is 129 Å². The Balaban J connectivity index is 0.000000188. The predicted molar refractivity (Wildman–Crippen MR) is 498 cm³/mol. The molecule has 0 spiro atoms. The van der Waals surface area contributed by atoms with Crippen LogP contribution in [0.4, 0.5) is 0 Å². The van der Waals surface area contributed by atoms with Crippen LogP contribution in [0.2, 0.25) is 0 Å². The first kappa shape index (κ1) is 85.8. The van der Waals surface area contributed by atoms with E-state index in [1.165, 1.54) is 6.08 Å². The molecule has 0 saturated carbocycles. The van der Waals surface area contributed by atoms with Gasteiger partial charge >= 0.3 is 40.9 Å². The van der Waals surface area contributed by atoms with Crippen LogP contribution < -0.4 is 47.9 Å².